The van der Waals surface area contributed by atoms with Crippen LogP contribution in [0.2, 0.25) is 0 Å². The number of hydrogen-bond acceptors (Lipinski definition) is 5. The van der Waals surface area contributed by atoms with Gasteiger partial charge in [0.1, 0.15) is 0 Å². The van der Waals surface area contributed by atoms with Crippen LogP contribution in [0.4, 0.5) is 0 Å². The van der Waals surface area contributed by atoms with Gasteiger partial charge in [-0.15, -0.1) is 35.9 Å². The summed E-state index contributed by atoms with van der Waals surface area (Å²) < 4.78 is 0. The molecule has 0 aliphatic heterocycles. The summed E-state index contributed by atoms with van der Waals surface area (Å²) >= 11 is 0. The van der Waals surface area contributed by atoms with Gasteiger partial charge in [-0.05, 0) is 60.3 Å². The Labute approximate surface area is 229 Å². The first kappa shape index (κ1) is 25.7. The second kappa shape index (κ2) is 13.1. The molecule has 0 spiro atoms. The molecule has 0 aliphatic rings. The van der Waals surface area contributed by atoms with Gasteiger partial charge in [0.2, 0.25) is 0 Å². The van der Waals surface area contributed by atoms with E-state index in [2.05, 4.69) is 21.0 Å². The Bertz CT molecular complexity index is 1390. The molecule has 0 aliphatic carbocycles. The van der Waals surface area contributed by atoms with Gasteiger partial charge in [-0.1, -0.05) is 36.4 Å². The fourth-order valence-electron chi connectivity index (χ4n) is 3.54. The SMILES string of the molecule is [Ir].[c-]1ccccc1-c1ccccn1.c1ccc(-c2cccc(-c3cccc(-c4ccccn4)n3)n2)nc1. The zero-order chi connectivity index (χ0) is 24.4. The number of aromatic nitrogens is 5. The summed E-state index contributed by atoms with van der Waals surface area (Å²) in [6.07, 6.45) is 5.32. The van der Waals surface area contributed by atoms with Gasteiger partial charge in [0, 0.05) is 38.7 Å². The molecule has 5 heterocycles. The van der Waals surface area contributed by atoms with Gasteiger partial charge in [-0.3, -0.25) is 9.97 Å². The molecule has 6 aromatic rings. The largest absolute Gasteiger partial charge is 0.305 e. The maximum Gasteiger partial charge on any atom is 0.0894 e. The van der Waals surface area contributed by atoms with Gasteiger partial charge in [0.15, 0.2) is 0 Å². The molecule has 181 valence electrons. The first-order chi connectivity index (χ1) is 17.9. The minimum atomic E-state index is 0. The molecule has 37 heavy (non-hydrogen) atoms. The topological polar surface area (TPSA) is 64.5 Å². The molecule has 0 saturated heterocycles. The van der Waals surface area contributed by atoms with Crippen LogP contribution in [0.25, 0.3) is 45.4 Å². The molecule has 0 amide bonds. The number of nitrogens with zero attached hydrogens (tertiary/aromatic N) is 5. The number of hydrogen-bond donors (Lipinski definition) is 0. The summed E-state index contributed by atoms with van der Waals surface area (Å²) in [5.74, 6) is 0. The maximum absolute atomic E-state index is 4.70. The molecule has 0 unspecified atom stereocenters. The van der Waals surface area contributed by atoms with E-state index < -0.39 is 0 Å². The van der Waals surface area contributed by atoms with Crippen LogP contribution in [-0.4, -0.2) is 24.9 Å². The molecule has 1 aromatic carbocycles. The van der Waals surface area contributed by atoms with Crippen LogP contribution in [-0.2, 0) is 20.1 Å². The summed E-state index contributed by atoms with van der Waals surface area (Å²) in [6.45, 7) is 0. The summed E-state index contributed by atoms with van der Waals surface area (Å²) in [4.78, 5) is 22.3. The first-order valence-corrected chi connectivity index (χ1v) is 11.5. The summed E-state index contributed by atoms with van der Waals surface area (Å²) in [5.41, 5.74) is 7.00. The van der Waals surface area contributed by atoms with Gasteiger partial charge in [-0.2, -0.15) is 0 Å². The Kier molecular flexibility index (Phi) is 9.08. The monoisotopic (exact) mass is 657 g/mol. The third-order valence-electron chi connectivity index (χ3n) is 5.27. The Hall–Kier alpha value is -4.38. The van der Waals surface area contributed by atoms with E-state index in [1.165, 1.54) is 0 Å². The van der Waals surface area contributed by atoms with Crippen molar-refractivity contribution in [2.75, 3.05) is 0 Å². The van der Waals surface area contributed by atoms with Crippen LogP contribution in [0.1, 0.15) is 0 Å². The van der Waals surface area contributed by atoms with E-state index >= 15 is 0 Å². The molecule has 0 saturated carbocycles. The Morgan fingerprint density at radius 3 is 1.19 bits per heavy atom. The smallest absolute Gasteiger partial charge is 0.0894 e. The first-order valence-electron chi connectivity index (χ1n) is 11.5. The Balaban J connectivity index is 0.000000208. The Morgan fingerprint density at radius 2 is 0.784 bits per heavy atom. The van der Waals surface area contributed by atoms with Crippen molar-refractivity contribution in [2.45, 2.75) is 0 Å². The van der Waals surface area contributed by atoms with E-state index in [4.69, 9.17) is 9.97 Å². The van der Waals surface area contributed by atoms with Crippen molar-refractivity contribution in [1.29, 1.82) is 0 Å². The number of benzene rings is 1. The molecular weight excluding hydrogens is 635 g/mol. The Morgan fingerprint density at radius 1 is 0.378 bits per heavy atom. The second-order valence-corrected chi connectivity index (χ2v) is 7.74. The molecule has 6 rings (SSSR count). The molecule has 0 fully saturated rings. The van der Waals surface area contributed by atoms with Gasteiger partial charge in [0.05, 0.1) is 34.2 Å². The zero-order valence-electron chi connectivity index (χ0n) is 19.8. The van der Waals surface area contributed by atoms with Crippen molar-refractivity contribution in [3.05, 3.63) is 140 Å². The predicted molar refractivity (Wildman–Crippen MR) is 142 cm³/mol. The average Bonchev–Trinajstić information content (AvgIpc) is 2.99. The molecule has 1 radical (unpaired) electrons. The molecule has 6 heteroatoms. The third kappa shape index (κ3) is 6.85. The fraction of sp³-hybridized carbons (Fsp3) is 0. The fourth-order valence-corrected chi connectivity index (χ4v) is 3.54. The number of rotatable bonds is 4. The standard InChI is InChI=1S/C20H14N4.C11H8N.Ir/c1-3-13-21-15(7-1)17-9-5-11-19(23-17)20-12-6-10-18(24-20)16-8-2-4-14-22-16;1-2-6-10(7-3-1)11-8-4-5-9-12-11;/h1-14H;1-6,8-9H;/q;-1;. The van der Waals surface area contributed by atoms with E-state index in [1.807, 2.05) is 115 Å². The molecule has 0 bridgehead atoms. The van der Waals surface area contributed by atoms with Crippen molar-refractivity contribution in [3.63, 3.8) is 0 Å². The van der Waals surface area contributed by atoms with E-state index in [1.54, 1.807) is 18.6 Å². The molecule has 0 atom stereocenters. The quantitative estimate of drug-likeness (QED) is 0.195. The van der Waals surface area contributed by atoms with E-state index in [0.717, 1.165) is 45.4 Å². The van der Waals surface area contributed by atoms with Crippen LogP contribution in [0.15, 0.2) is 134 Å². The molecule has 0 N–H and O–H groups in total. The van der Waals surface area contributed by atoms with Crippen LogP contribution >= 0.6 is 0 Å². The van der Waals surface area contributed by atoms with Crippen LogP contribution < -0.4 is 0 Å². The van der Waals surface area contributed by atoms with E-state index in [-0.39, 0.29) is 20.1 Å². The van der Waals surface area contributed by atoms with Crippen molar-refractivity contribution in [1.82, 2.24) is 24.9 Å². The third-order valence-corrected chi connectivity index (χ3v) is 5.27. The van der Waals surface area contributed by atoms with Gasteiger partial charge < -0.3 is 4.98 Å². The van der Waals surface area contributed by atoms with Crippen LogP contribution in [0.3, 0.4) is 0 Å². The minimum absolute atomic E-state index is 0. The van der Waals surface area contributed by atoms with Gasteiger partial charge >= 0.3 is 0 Å². The molecule has 5 aromatic heterocycles. The normalized spacial score (nSPS) is 9.95. The van der Waals surface area contributed by atoms with Crippen molar-refractivity contribution >= 4 is 0 Å². The van der Waals surface area contributed by atoms with Crippen LogP contribution in [0.5, 0.6) is 0 Å². The van der Waals surface area contributed by atoms with Gasteiger partial charge in [0.25, 0.3) is 0 Å². The minimum Gasteiger partial charge on any atom is -0.305 e. The van der Waals surface area contributed by atoms with E-state index in [9.17, 15) is 0 Å². The average molecular weight is 657 g/mol. The van der Waals surface area contributed by atoms with Crippen molar-refractivity contribution in [3.8, 4) is 45.4 Å². The number of pyridine rings is 5. The maximum atomic E-state index is 4.70. The predicted octanol–water partition coefficient (Wildman–Crippen LogP) is 6.81. The molecular formula is C31H22IrN5-. The summed E-state index contributed by atoms with van der Waals surface area (Å²) in [6, 6.07) is 40.2. The van der Waals surface area contributed by atoms with Crippen LogP contribution in [0, 0.1) is 6.07 Å². The zero-order valence-corrected chi connectivity index (χ0v) is 22.2. The van der Waals surface area contributed by atoms with E-state index in [0.29, 0.717) is 0 Å². The van der Waals surface area contributed by atoms with Crippen molar-refractivity contribution in [2.24, 2.45) is 0 Å². The van der Waals surface area contributed by atoms with Gasteiger partial charge in [-0.25, -0.2) is 9.97 Å². The van der Waals surface area contributed by atoms with Crippen molar-refractivity contribution < 1.29 is 20.1 Å². The summed E-state index contributed by atoms with van der Waals surface area (Å²) in [7, 11) is 0. The molecule has 5 nitrogen and oxygen atoms in total. The second-order valence-electron chi connectivity index (χ2n) is 7.74. The summed E-state index contributed by atoms with van der Waals surface area (Å²) in [5, 5.41) is 0.